The van der Waals surface area contributed by atoms with Crippen LogP contribution in [0.3, 0.4) is 0 Å². The molecule has 0 aliphatic rings. The molecule has 2 aromatic heterocycles. The molecule has 0 aliphatic heterocycles. The van der Waals surface area contributed by atoms with Crippen molar-refractivity contribution < 1.29 is 4.79 Å². The molecule has 0 bridgehead atoms. The van der Waals surface area contributed by atoms with Crippen LogP contribution in [0.2, 0.25) is 0 Å². The van der Waals surface area contributed by atoms with E-state index in [1.165, 1.54) is 11.9 Å². The Morgan fingerprint density at radius 1 is 1.00 bits per heavy atom. The van der Waals surface area contributed by atoms with E-state index < -0.39 is 0 Å². The highest BCUT2D eigenvalue weighted by atomic mass is 16.1. The summed E-state index contributed by atoms with van der Waals surface area (Å²) >= 11 is 0. The van der Waals surface area contributed by atoms with Crippen molar-refractivity contribution in [3.8, 4) is 16.8 Å². The molecule has 1 amide bonds. The van der Waals surface area contributed by atoms with E-state index >= 15 is 0 Å². The third kappa shape index (κ3) is 4.61. The summed E-state index contributed by atoms with van der Waals surface area (Å²) in [4.78, 5) is 12.8. The van der Waals surface area contributed by atoms with Gasteiger partial charge in [-0.2, -0.15) is 5.10 Å². The summed E-state index contributed by atoms with van der Waals surface area (Å²) in [5.41, 5.74) is 6.78. The van der Waals surface area contributed by atoms with E-state index in [0.717, 1.165) is 34.5 Å². The lowest BCUT2D eigenvalue weighted by Gasteiger charge is -2.13. The third-order valence-electron chi connectivity index (χ3n) is 5.68. The molecule has 0 radical (unpaired) electrons. The smallest absolute Gasteiger partial charge is 0.251 e. The number of nitrogens with one attached hydrogen (secondary N) is 1. The summed E-state index contributed by atoms with van der Waals surface area (Å²) < 4.78 is 3.48. The number of hydrogen-bond acceptors (Lipinski definition) is 5. The molecule has 0 fully saturated rings. The van der Waals surface area contributed by atoms with Gasteiger partial charge in [-0.15, -0.1) is 5.10 Å². The predicted octanol–water partition coefficient (Wildman–Crippen LogP) is 3.81. The van der Waals surface area contributed by atoms with Crippen LogP contribution in [0.15, 0.2) is 91.5 Å². The Bertz CT molecular complexity index is 1390. The average molecular weight is 450 g/mol. The van der Waals surface area contributed by atoms with Gasteiger partial charge < -0.3 is 5.32 Å². The van der Waals surface area contributed by atoms with Gasteiger partial charge in [-0.25, -0.2) is 4.68 Å². The van der Waals surface area contributed by atoms with Crippen LogP contribution < -0.4 is 5.32 Å². The Morgan fingerprint density at radius 3 is 2.59 bits per heavy atom. The molecule has 0 aliphatic carbocycles. The van der Waals surface area contributed by atoms with Gasteiger partial charge in [0.25, 0.3) is 5.91 Å². The van der Waals surface area contributed by atoms with E-state index in [9.17, 15) is 4.79 Å². The number of rotatable bonds is 7. The largest absolute Gasteiger partial charge is 0.348 e. The highest BCUT2D eigenvalue weighted by molar-refractivity contribution is 5.94. The number of hydrogen-bond donors (Lipinski definition) is 1. The van der Waals surface area contributed by atoms with Crippen molar-refractivity contribution >= 4 is 5.91 Å². The van der Waals surface area contributed by atoms with Crippen LogP contribution in [0.1, 0.15) is 27.0 Å². The highest BCUT2D eigenvalue weighted by Gasteiger charge is 2.11. The number of nitrogens with zero attached hydrogens (tertiary/aromatic N) is 6. The second kappa shape index (κ2) is 9.50. The molecular weight excluding hydrogens is 426 g/mol. The second-order valence-electron chi connectivity index (χ2n) is 8.00. The molecule has 0 spiro atoms. The minimum atomic E-state index is -0.129. The molecule has 0 saturated carbocycles. The van der Waals surface area contributed by atoms with E-state index in [4.69, 9.17) is 0 Å². The van der Waals surface area contributed by atoms with E-state index in [1.807, 2.05) is 54.2 Å². The van der Waals surface area contributed by atoms with Crippen LogP contribution in [0.4, 0.5) is 0 Å². The summed E-state index contributed by atoms with van der Waals surface area (Å²) in [6.45, 7) is 3.09. The summed E-state index contributed by atoms with van der Waals surface area (Å²) in [6, 6.07) is 24.0. The first-order chi connectivity index (χ1) is 16.7. The van der Waals surface area contributed by atoms with Gasteiger partial charge in [-0.05, 0) is 69.4 Å². The average Bonchev–Trinajstić information content (AvgIpc) is 3.58. The molecule has 168 valence electrons. The number of benzene rings is 3. The van der Waals surface area contributed by atoms with E-state index in [0.29, 0.717) is 12.1 Å². The third-order valence-corrected chi connectivity index (χ3v) is 5.68. The Balaban J connectivity index is 1.29. The van der Waals surface area contributed by atoms with Crippen LogP contribution in [0.25, 0.3) is 16.8 Å². The summed E-state index contributed by atoms with van der Waals surface area (Å²) in [6.07, 6.45) is 5.26. The molecule has 5 rings (SSSR count). The zero-order chi connectivity index (χ0) is 23.3. The number of amides is 1. The monoisotopic (exact) mass is 449 g/mol. The molecule has 0 atom stereocenters. The Labute approximate surface area is 196 Å². The second-order valence-corrected chi connectivity index (χ2v) is 8.00. The van der Waals surface area contributed by atoms with Crippen LogP contribution in [-0.4, -0.2) is 35.9 Å². The Kier molecular flexibility index (Phi) is 5.94. The van der Waals surface area contributed by atoms with Crippen molar-refractivity contribution in [2.75, 3.05) is 0 Å². The van der Waals surface area contributed by atoms with E-state index in [2.05, 4.69) is 56.3 Å². The van der Waals surface area contributed by atoms with E-state index in [-0.39, 0.29) is 5.91 Å². The number of carbonyl (C=O) groups is 1. The number of aromatic nitrogens is 6. The number of carbonyl (C=O) groups excluding carboxylic acids is 1. The first-order valence-corrected chi connectivity index (χ1v) is 10.9. The molecule has 0 saturated heterocycles. The van der Waals surface area contributed by atoms with Crippen molar-refractivity contribution in [2.45, 2.75) is 20.0 Å². The van der Waals surface area contributed by atoms with Crippen molar-refractivity contribution in [2.24, 2.45) is 0 Å². The molecule has 0 unspecified atom stereocenters. The fraction of sp³-hybridized carbons (Fsp3) is 0.115. The van der Waals surface area contributed by atoms with Gasteiger partial charge in [0.1, 0.15) is 6.33 Å². The van der Waals surface area contributed by atoms with Gasteiger partial charge in [0, 0.05) is 24.5 Å². The molecule has 8 nitrogen and oxygen atoms in total. The SMILES string of the molecule is Cc1cc(C(=O)NCc2ccccc2-c2ccc(Cn3cccn3)cc2)ccc1-n1cnnn1. The van der Waals surface area contributed by atoms with Crippen molar-refractivity contribution in [3.05, 3.63) is 114 Å². The Morgan fingerprint density at radius 2 is 1.85 bits per heavy atom. The van der Waals surface area contributed by atoms with Crippen LogP contribution in [0.5, 0.6) is 0 Å². The molecule has 5 aromatic rings. The van der Waals surface area contributed by atoms with Gasteiger partial charge in [0.2, 0.25) is 0 Å². The van der Waals surface area contributed by atoms with Crippen molar-refractivity contribution in [1.82, 2.24) is 35.3 Å². The van der Waals surface area contributed by atoms with Crippen LogP contribution >= 0.6 is 0 Å². The zero-order valence-corrected chi connectivity index (χ0v) is 18.7. The minimum absolute atomic E-state index is 0.129. The quantitative estimate of drug-likeness (QED) is 0.408. The topological polar surface area (TPSA) is 90.5 Å². The lowest BCUT2D eigenvalue weighted by atomic mass is 9.98. The zero-order valence-electron chi connectivity index (χ0n) is 18.7. The van der Waals surface area contributed by atoms with E-state index in [1.54, 1.807) is 16.9 Å². The first-order valence-electron chi connectivity index (χ1n) is 10.9. The highest BCUT2D eigenvalue weighted by Crippen LogP contribution is 2.24. The van der Waals surface area contributed by atoms with Crippen molar-refractivity contribution in [1.29, 1.82) is 0 Å². The molecule has 1 N–H and O–H groups in total. The summed E-state index contributed by atoms with van der Waals surface area (Å²) in [5, 5.41) is 18.6. The van der Waals surface area contributed by atoms with Gasteiger partial charge in [0.05, 0.1) is 12.2 Å². The molecule has 34 heavy (non-hydrogen) atoms. The predicted molar refractivity (Wildman–Crippen MR) is 128 cm³/mol. The lowest BCUT2D eigenvalue weighted by Crippen LogP contribution is -2.23. The van der Waals surface area contributed by atoms with Crippen molar-refractivity contribution in [3.63, 3.8) is 0 Å². The minimum Gasteiger partial charge on any atom is -0.348 e. The summed E-state index contributed by atoms with van der Waals surface area (Å²) in [5.74, 6) is -0.129. The van der Waals surface area contributed by atoms with Crippen LogP contribution in [0, 0.1) is 6.92 Å². The molecular formula is C26H23N7O. The normalized spacial score (nSPS) is 10.9. The van der Waals surface area contributed by atoms with Gasteiger partial charge >= 0.3 is 0 Å². The number of aryl methyl sites for hydroxylation is 1. The van der Waals surface area contributed by atoms with Gasteiger partial charge in [-0.1, -0.05) is 48.5 Å². The lowest BCUT2D eigenvalue weighted by molar-refractivity contribution is 0.0951. The Hall–Kier alpha value is -4.59. The first kappa shape index (κ1) is 21.3. The van der Waals surface area contributed by atoms with Crippen LogP contribution in [-0.2, 0) is 13.1 Å². The fourth-order valence-corrected chi connectivity index (χ4v) is 3.93. The maximum Gasteiger partial charge on any atom is 0.251 e. The maximum atomic E-state index is 12.8. The summed E-state index contributed by atoms with van der Waals surface area (Å²) in [7, 11) is 0. The maximum absolute atomic E-state index is 12.8. The fourth-order valence-electron chi connectivity index (χ4n) is 3.93. The molecule has 3 aromatic carbocycles. The molecule has 2 heterocycles. The van der Waals surface area contributed by atoms with Gasteiger partial charge in [-0.3, -0.25) is 9.48 Å². The standard InChI is InChI=1S/C26H23N7O/c1-19-15-22(11-12-25(19)33-18-28-30-31-33)26(34)27-16-23-5-2-3-6-24(23)21-9-7-20(8-10-21)17-32-14-4-13-29-32/h2-15,18H,16-17H2,1H3,(H,27,34). The molecule has 8 heteroatoms. The van der Waals surface area contributed by atoms with Gasteiger partial charge in [0.15, 0.2) is 0 Å². The number of tetrazole rings is 1.